The van der Waals surface area contributed by atoms with Crippen LogP contribution in [0.4, 0.5) is 0 Å². The van der Waals surface area contributed by atoms with Crippen LogP contribution in [0.3, 0.4) is 0 Å². The number of likely N-dealkylation sites (N-methyl/N-ethyl adjacent to an activating group) is 1. The summed E-state index contributed by atoms with van der Waals surface area (Å²) >= 11 is 0. The van der Waals surface area contributed by atoms with Crippen molar-refractivity contribution in [3.05, 3.63) is 47.3 Å². The highest BCUT2D eigenvalue weighted by Crippen LogP contribution is 2.08. The third kappa shape index (κ3) is 4.13. The number of nitrogens with zero attached hydrogens (tertiary/aromatic N) is 4. The maximum atomic E-state index is 12.3. The van der Waals surface area contributed by atoms with Crippen LogP contribution in [0.15, 0.2) is 30.5 Å². The molecule has 2 aromatic rings. The van der Waals surface area contributed by atoms with Crippen molar-refractivity contribution in [1.82, 2.24) is 19.9 Å². The molecule has 1 heterocycles. The summed E-state index contributed by atoms with van der Waals surface area (Å²) in [5, 5.41) is 7.79. The van der Waals surface area contributed by atoms with Gasteiger partial charge in [-0.25, -0.2) is 4.68 Å². The van der Waals surface area contributed by atoms with Gasteiger partial charge in [0, 0.05) is 19.6 Å². The monoisotopic (exact) mass is 287 g/mol. The number of amides is 1. The third-order valence-corrected chi connectivity index (χ3v) is 3.28. The van der Waals surface area contributed by atoms with Crippen molar-refractivity contribution in [3.63, 3.8) is 0 Å². The van der Waals surface area contributed by atoms with Crippen LogP contribution in [-0.2, 0) is 24.4 Å². The summed E-state index contributed by atoms with van der Waals surface area (Å²) in [5.74, 6) is 0.0208. The van der Waals surface area contributed by atoms with Gasteiger partial charge in [0.1, 0.15) is 6.54 Å². The van der Waals surface area contributed by atoms with E-state index in [4.69, 9.17) is 5.73 Å². The molecule has 0 atom stereocenters. The third-order valence-electron chi connectivity index (χ3n) is 3.28. The minimum absolute atomic E-state index is 0.0208. The maximum absolute atomic E-state index is 12.3. The Labute approximate surface area is 124 Å². The number of carbonyl (C=O) groups excluding carboxylic acids is 1. The minimum atomic E-state index is 0.0208. The van der Waals surface area contributed by atoms with Crippen LogP contribution in [0.2, 0.25) is 0 Å². The van der Waals surface area contributed by atoms with Crippen LogP contribution in [0, 0.1) is 6.92 Å². The highest BCUT2D eigenvalue weighted by molar-refractivity contribution is 5.75. The fraction of sp³-hybridized carbons (Fsp3) is 0.400. The fourth-order valence-corrected chi connectivity index (χ4v) is 2.16. The zero-order valence-corrected chi connectivity index (χ0v) is 12.5. The number of benzene rings is 1. The van der Waals surface area contributed by atoms with Crippen LogP contribution in [0.25, 0.3) is 0 Å². The van der Waals surface area contributed by atoms with Gasteiger partial charge in [-0.3, -0.25) is 4.79 Å². The number of rotatable bonds is 6. The molecule has 21 heavy (non-hydrogen) atoms. The number of aromatic nitrogens is 3. The van der Waals surface area contributed by atoms with E-state index < -0.39 is 0 Å². The van der Waals surface area contributed by atoms with Gasteiger partial charge in [0.2, 0.25) is 5.91 Å². The molecule has 0 aliphatic carbocycles. The lowest BCUT2D eigenvalue weighted by atomic mass is 10.1. The van der Waals surface area contributed by atoms with Gasteiger partial charge in [0.05, 0.1) is 11.9 Å². The van der Waals surface area contributed by atoms with Gasteiger partial charge in [0.15, 0.2) is 0 Å². The van der Waals surface area contributed by atoms with Gasteiger partial charge in [0.25, 0.3) is 0 Å². The first-order valence-electron chi connectivity index (χ1n) is 7.04. The first kappa shape index (κ1) is 15.2. The van der Waals surface area contributed by atoms with Gasteiger partial charge < -0.3 is 10.6 Å². The van der Waals surface area contributed by atoms with Crippen molar-refractivity contribution in [1.29, 1.82) is 0 Å². The molecule has 1 aromatic carbocycles. The molecular weight excluding hydrogens is 266 g/mol. The number of nitrogens with two attached hydrogens (primary N) is 1. The molecule has 0 bridgehead atoms. The van der Waals surface area contributed by atoms with Crippen LogP contribution >= 0.6 is 0 Å². The average Bonchev–Trinajstić information content (AvgIpc) is 2.92. The largest absolute Gasteiger partial charge is 0.337 e. The predicted molar refractivity (Wildman–Crippen MR) is 80.2 cm³/mol. The molecule has 6 nitrogen and oxygen atoms in total. The Morgan fingerprint density at radius 2 is 2.24 bits per heavy atom. The molecule has 0 saturated carbocycles. The number of hydrogen-bond donors (Lipinski definition) is 1. The van der Waals surface area contributed by atoms with Crippen molar-refractivity contribution in [2.24, 2.45) is 5.73 Å². The van der Waals surface area contributed by atoms with Crippen LogP contribution < -0.4 is 5.73 Å². The number of aryl methyl sites for hydroxylation is 1. The number of carbonyl (C=O) groups is 1. The first-order valence-corrected chi connectivity index (χ1v) is 7.04. The summed E-state index contributed by atoms with van der Waals surface area (Å²) in [6, 6.07) is 8.18. The molecular formula is C15H21N5O. The molecule has 1 aromatic heterocycles. The molecule has 6 heteroatoms. The predicted octanol–water partition coefficient (Wildman–Crippen LogP) is 1.09. The molecule has 0 fully saturated rings. The first-order chi connectivity index (χ1) is 10.1. The Morgan fingerprint density at radius 1 is 1.43 bits per heavy atom. The second-order valence-electron chi connectivity index (χ2n) is 5.01. The van der Waals surface area contributed by atoms with Gasteiger partial charge >= 0.3 is 0 Å². The molecule has 0 radical (unpaired) electrons. The van der Waals surface area contributed by atoms with Crippen molar-refractivity contribution >= 4 is 5.91 Å². The molecule has 0 saturated heterocycles. The minimum Gasteiger partial charge on any atom is -0.337 e. The van der Waals surface area contributed by atoms with E-state index in [2.05, 4.69) is 16.4 Å². The lowest BCUT2D eigenvalue weighted by Crippen LogP contribution is -2.33. The summed E-state index contributed by atoms with van der Waals surface area (Å²) in [4.78, 5) is 14.1. The molecule has 112 valence electrons. The van der Waals surface area contributed by atoms with Crippen molar-refractivity contribution in [2.45, 2.75) is 33.5 Å². The lowest BCUT2D eigenvalue weighted by Gasteiger charge is -2.21. The highest BCUT2D eigenvalue weighted by atomic mass is 16.2. The molecule has 2 N–H and O–H groups in total. The van der Waals surface area contributed by atoms with E-state index in [1.54, 1.807) is 11.1 Å². The van der Waals surface area contributed by atoms with Gasteiger partial charge in [-0.05, 0) is 19.4 Å². The summed E-state index contributed by atoms with van der Waals surface area (Å²) < 4.78 is 1.53. The highest BCUT2D eigenvalue weighted by Gasteiger charge is 2.13. The second kappa shape index (κ2) is 6.99. The lowest BCUT2D eigenvalue weighted by molar-refractivity contribution is -0.132. The Hall–Kier alpha value is -2.21. The van der Waals surface area contributed by atoms with Crippen molar-refractivity contribution in [3.8, 4) is 0 Å². The van der Waals surface area contributed by atoms with Crippen LogP contribution in [0.1, 0.15) is 23.7 Å². The van der Waals surface area contributed by atoms with Gasteiger partial charge in [-0.15, -0.1) is 5.10 Å². The zero-order valence-electron chi connectivity index (χ0n) is 12.5. The molecule has 0 aliphatic heterocycles. The summed E-state index contributed by atoms with van der Waals surface area (Å²) in [6.45, 7) is 5.80. The normalized spacial score (nSPS) is 10.6. The maximum Gasteiger partial charge on any atom is 0.244 e. The molecule has 0 unspecified atom stereocenters. The fourth-order valence-electron chi connectivity index (χ4n) is 2.16. The molecule has 0 aliphatic rings. The van der Waals surface area contributed by atoms with E-state index in [1.165, 1.54) is 10.2 Å². The zero-order chi connectivity index (χ0) is 15.2. The smallest absolute Gasteiger partial charge is 0.244 e. The standard InChI is InChI=1S/C15H21N5O/c1-3-19(9-13-6-4-5-12(2)7-13)15(21)11-20-10-14(8-16)17-18-20/h4-7,10H,3,8-9,11,16H2,1-2H3. The van der Waals surface area contributed by atoms with E-state index in [0.717, 1.165) is 5.56 Å². The quantitative estimate of drug-likeness (QED) is 0.863. The van der Waals surface area contributed by atoms with E-state index >= 15 is 0 Å². The Kier molecular flexibility index (Phi) is 5.05. The number of hydrogen-bond acceptors (Lipinski definition) is 4. The SMILES string of the molecule is CCN(Cc1cccc(C)c1)C(=O)Cn1cc(CN)nn1. The van der Waals surface area contributed by atoms with Gasteiger partial charge in [-0.1, -0.05) is 35.0 Å². The molecule has 0 spiro atoms. The van der Waals surface area contributed by atoms with E-state index in [9.17, 15) is 4.79 Å². The Bertz CT molecular complexity index is 608. The average molecular weight is 287 g/mol. The second-order valence-corrected chi connectivity index (χ2v) is 5.01. The van der Waals surface area contributed by atoms with Crippen LogP contribution in [0.5, 0.6) is 0 Å². The summed E-state index contributed by atoms with van der Waals surface area (Å²) in [6.07, 6.45) is 1.71. The van der Waals surface area contributed by atoms with E-state index in [-0.39, 0.29) is 12.5 Å². The van der Waals surface area contributed by atoms with E-state index in [1.807, 2.05) is 32.0 Å². The summed E-state index contributed by atoms with van der Waals surface area (Å²) in [7, 11) is 0. The Morgan fingerprint density at radius 3 is 2.86 bits per heavy atom. The van der Waals surface area contributed by atoms with Crippen molar-refractivity contribution < 1.29 is 4.79 Å². The molecule has 1 amide bonds. The Balaban J connectivity index is 2.01. The van der Waals surface area contributed by atoms with Crippen molar-refractivity contribution in [2.75, 3.05) is 6.54 Å². The van der Waals surface area contributed by atoms with Gasteiger partial charge in [-0.2, -0.15) is 0 Å². The molecule has 2 rings (SSSR count). The summed E-state index contributed by atoms with van der Waals surface area (Å²) in [5.41, 5.74) is 8.50. The van der Waals surface area contributed by atoms with Crippen LogP contribution in [-0.4, -0.2) is 32.3 Å². The topological polar surface area (TPSA) is 77.0 Å². The van der Waals surface area contributed by atoms with E-state index in [0.29, 0.717) is 25.3 Å².